The number of hydrogen-bond acceptors (Lipinski definition) is 30. The molecule has 0 spiro atoms. The van der Waals surface area contributed by atoms with Gasteiger partial charge >= 0.3 is 55.4 Å². The van der Waals surface area contributed by atoms with Crippen molar-refractivity contribution in [3.8, 4) is 22.3 Å². The predicted molar refractivity (Wildman–Crippen MR) is 501 cm³/mol. The first kappa shape index (κ1) is 110. The fourth-order valence-electron chi connectivity index (χ4n) is 13.3. The number of nitrogens with two attached hydrogens (primary N) is 1. The van der Waals surface area contributed by atoms with E-state index >= 15 is 0 Å². The maximum Gasteiger partial charge on any atom is 0.488 e. The Morgan fingerprint density at radius 2 is 0.707 bits per heavy atom. The largest absolute Gasteiger partial charge is 0.488 e. The standard InChI is InChI=1S/C24H28ClN3O6.C24H30ClN3O4.C18H24ClN3O6.C11H20N2O4.C7H4ClNO3.C6H6BClO2/c1-24(2,3)34-23(30)27-12-11-26(21(15-27)22(29)33-4)14-18-13-17(7-10-20(18)28(31)32)16-5-8-19(25)9-6-16;1-24(2,3)32-23(30)28-12-11-27(21(15-28)22(29)31-4)14-18-13-17(7-10-20(18)26)16-5-8-19(25)9-6-16;1-18(2,3)28-17(24)21-8-7-20(15(11-21)16(23)27-4)10-12-9-13(19)5-6-14(12)22(25)26;1-11(2,3)17-10(15)13-6-5-12-8(7-13)9(14)16-4;8-6-1-2-7(9(11)12)5(3-6)4-10;8-6-3-1-5(2-4-6)7(9)10/h5-10,13,21H,11-12,14-15H2,1-4H3;5-10,13,21H,11-12,14-15,26H2,1-4H3;5-6,9,15H,7-8,10-11H2,1-4H3;8,12H,5-7H2,1-4H3;1-4H;1-4,9-10H. The van der Waals surface area contributed by atoms with Gasteiger partial charge in [0, 0.05) is 132 Å². The van der Waals surface area contributed by atoms with Crippen LogP contribution in [0.25, 0.3) is 22.3 Å². The lowest BCUT2D eigenvalue weighted by molar-refractivity contribution is -0.385. The number of esters is 4. The number of ether oxygens (including phenoxy) is 8. The second kappa shape index (κ2) is 50.5. The minimum atomic E-state index is -1.41. The molecule has 7 aromatic carbocycles. The number of nitro benzene ring substituents is 3. The van der Waals surface area contributed by atoms with Gasteiger partial charge in [-0.05, 0) is 201 Å². The van der Waals surface area contributed by atoms with E-state index in [-0.39, 0.29) is 67.9 Å². The Hall–Kier alpha value is -11.6. The van der Waals surface area contributed by atoms with Crippen molar-refractivity contribution < 1.29 is 106 Å². The van der Waals surface area contributed by atoms with Crippen molar-refractivity contribution in [2.45, 2.75) is 149 Å². The molecule has 11 rings (SSSR count). The Kier molecular flexibility index (Phi) is 41.8. The molecule has 5 N–H and O–H groups in total. The van der Waals surface area contributed by atoms with Crippen molar-refractivity contribution in [3.63, 3.8) is 0 Å². The molecule has 4 fully saturated rings. The number of nitrogens with zero attached hydrogens (tertiary/aromatic N) is 10. The molecule has 4 heterocycles. The number of benzene rings is 7. The quantitative estimate of drug-likeness (QED) is 0.0125. The molecule has 720 valence electrons. The first-order chi connectivity index (χ1) is 62.2. The number of halogens is 5. The number of methoxy groups -OCH3 is 4. The molecule has 4 unspecified atom stereocenters. The van der Waals surface area contributed by atoms with Gasteiger partial charge in [0.05, 0.1) is 75.0 Å². The summed E-state index contributed by atoms with van der Waals surface area (Å²) in [5.74, 6) is -1.81. The van der Waals surface area contributed by atoms with Crippen molar-refractivity contribution >= 4 is 148 Å². The topological polar surface area (TPSA) is 458 Å². The van der Waals surface area contributed by atoms with Gasteiger partial charge in [-0.2, -0.15) is 0 Å². The minimum Gasteiger partial charge on any atom is -0.468 e. The van der Waals surface area contributed by atoms with Crippen LogP contribution in [0.4, 0.5) is 41.9 Å². The molecule has 4 atom stereocenters. The maximum atomic E-state index is 12.6. The summed E-state index contributed by atoms with van der Waals surface area (Å²) >= 11 is 29.0. The Morgan fingerprint density at radius 1 is 0.406 bits per heavy atom. The molecule has 0 aromatic heterocycles. The summed E-state index contributed by atoms with van der Waals surface area (Å²) < 4.78 is 41.0. The lowest BCUT2D eigenvalue weighted by Gasteiger charge is -2.40. The van der Waals surface area contributed by atoms with Crippen LogP contribution >= 0.6 is 58.0 Å². The highest BCUT2D eigenvalue weighted by Gasteiger charge is 2.42. The van der Waals surface area contributed by atoms with E-state index in [9.17, 15) is 73.5 Å². The van der Waals surface area contributed by atoms with Crippen LogP contribution < -0.4 is 16.5 Å². The van der Waals surface area contributed by atoms with Gasteiger partial charge in [-0.15, -0.1) is 0 Å². The van der Waals surface area contributed by atoms with Gasteiger partial charge in [0.15, 0.2) is 6.29 Å². The van der Waals surface area contributed by atoms with Gasteiger partial charge in [0.2, 0.25) is 0 Å². The Balaban J connectivity index is 0.000000257. The fourth-order valence-corrected chi connectivity index (χ4v) is 14.1. The van der Waals surface area contributed by atoms with Gasteiger partial charge in [0.25, 0.3) is 17.1 Å². The molecule has 133 heavy (non-hydrogen) atoms. The highest BCUT2D eigenvalue weighted by atomic mass is 35.5. The lowest BCUT2D eigenvalue weighted by Crippen LogP contribution is -2.58. The number of piperazine rings is 4. The molecular formula is C90H112BCl5N12O25. The van der Waals surface area contributed by atoms with Crippen molar-refractivity contribution in [3.05, 3.63) is 223 Å². The van der Waals surface area contributed by atoms with E-state index in [4.69, 9.17) is 107 Å². The third-order valence-corrected chi connectivity index (χ3v) is 21.0. The molecule has 4 aliphatic rings. The number of amides is 4. The fraction of sp³-hybridized carbons (Fsp3) is 0.433. The van der Waals surface area contributed by atoms with Crippen molar-refractivity contribution in [2.75, 3.05) is 113 Å². The van der Waals surface area contributed by atoms with Gasteiger partial charge in [0.1, 0.15) is 46.6 Å². The van der Waals surface area contributed by atoms with E-state index in [0.29, 0.717) is 113 Å². The van der Waals surface area contributed by atoms with Crippen molar-refractivity contribution in [1.82, 2.24) is 39.6 Å². The van der Waals surface area contributed by atoms with Crippen LogP contribution in [-0.2, 0) is 76.7 Å². The van der Waals surface area contributed by atoms with E-state index in [1.54, 1.807) is 105 Å². The van der Waals surface area contributed by atoms with Crippen LogP contribution in [0.5, 0.6) is 0 Å². The third kappa shape index (κ3) is 35.7. The van der Waals surface area contributed by atoms with Crippen LogP contribution in [0.15, 0.2) is 146 Å². The molecular weight excluding hydrogens is 1840 g/mol. The molecule has 0 radical (unpaired) electrons. The normalized spacial score (nSPS) is 16.4. The average Bonchev–Trinajstić information content (AvgIpc) is 0.803. The van der Waals surface area contributed by atoms with E-state index in [2.05, 4.69) is 10.1 Å². The van der Waals surface area contributed by atoms with Crippen LogP contribution in [0.2, 0.25) is 25.1 Å². The van der Waals surface area contributed by atoms with E-state index < -0.39 is 111 Å². The first-order valence-corrected chi connectivity index (χ1v) is 43.4. The highest BCUT2D eigenvalue weighted by molar-refractivity contribution is 6.58. The zero-order chi connectivity index (χ0) is 99.3. The minimum absolute atomic E-state index is 0.00694. The third-order valence-electron chi connectivity index (χ3n) is 19.8. The second-order valence-corrected chi connectivity index (χ2v) is 36.5. The molecule has 7 aromatic rings. The number of nitrogens with one attached hydrogen (secondary N) is 1. The Morgan fingerprint density at radius 3 is 1.05 bits per heavy atom. The number of nitrogen functional groups attached to an aromatic ring is 1. The summed E-state index contributed by atoms with van der Waals surface area (Å²) in [5.41, 5.74) is 9.95. The molecule has 37 nitrogen and oxygen atoms in total. The number of hydrogen-bond donors (Lipinski definition) is 4. The SMILES string of the molecule is COC(=O)C1CN(C(=O)OC(C)(C)C)CCN1.COC(=O)C1CN(C(=O)OC(C)(C)C)CCN1Cc1cc(-c2ccc(Cl)cc2)ccc1N.COC(=O)C1CN(C(=O)OC(C)(C)C)CCN1Cc1cc(-c2ccc(Cl)cc2)ccc1[N+](=O)[O-].COC(=O)C1CN(C(=O)OC(C)(C)C)CCN1Cc1cc(Cl)ccc1[N+](=O)[O-].O=Cc1cc(Cl)ccc1[N+](=O)[O-].OB(O)c1ccc(Cl)cc1. The van der Waals surface area contributed by atoms with E-state index in [0.717, 1.165) is 27.8 Å². The molecule has 4 aliphatic heterocycles. The molecule has 4 amide bonds. The van der Waals surface area contributed by atoms with Gasteiger partial charge in [-0.3, -0.25) is 69.0 Å². The highest BCUT2D eigenvalue weighted by Crippen LogP contribution is 2.34. The summed E-state index contributed by atoms with van der Waals surface area (Å²) in [6.07, 6.45) is -1.46. The molecule has 0 saturated carbocycles. The summed E-state index contributed by atoms with van der Waals surface area (Å²) in [6, 6.07) is 37.3. The number of rotatable bonds is 17. The van der Waals surface area contributed by atoms with Crippen LogP contribution in [0, 0.1) is 30.3 Å². The number of anilines is 1. The Labute approximate surface area is 796 Å². The van der Waals surface area contributed by atoms with Crippen LogP contribution in [0.3, 0.4) is 0 Å². The molecule has 0 bridgehead atoms. The summed E-state index contributed by atoms with van der Waals surface area (Å²) in [6.45, 7) is 26.1. The summed E-state index contributed by atoms with van der Waals surface area (Å²) in [5, 5.41) is 56.1. The lowest BCUT2D eigenvalue weighted by atomic mass is 9.81. The summed E-state index contributed by atoms with van der Waals surface area (Å²) in [4.78, 5) is 152. The molecule has 4 saturated heterocycles. The molecule has 0 aliphatic carbocycles. The van der Waals surface area contributed by atoms with Crippen molar-refractivity contribution in [1.29, 1.82) is 0 Å². The Bertz CT molecular complexity index is 5200. The van der Waals surface area contributed by atoms with Gasteiger partial charge in [-0.25, -0.2) is 19.2 Å². The van der Waals surface area contributed by atoms with Gasteiger partial charge in [-0.1, -0.05) is 100 Å². The number of carbonyl (C=O) groups excluding carboxylic acids is 9. The smallest absolute Gasteiger partial charge is 0.468 e. The zero-order valence-electron chi connectivity index (χ0n) is 76.7. The predicted octanol–water partition coefficient (Wildman–Crippen LogP) is 14.0. The maximum absolute atomic E-state index is 12.6. The number of nitro groups is 3. The van der Waals surface area contributed by atoms with Crippen LogP contribution in [-0.4, -0.2) is 274 Å². The van der Waals surface area contributed by atoms with Crippen molar-refractivity contribution in [2.24, 2.45) is 0 Å². The van der Waals surface area contributed by atoms with E-state index in [1.165, 1.54) is 85.6 Å². The van der Waals surface area contributed by atoms with Gasteiger partial charge < -0.3 is 78.6 Å². The summed E-state index contributed by atoms with van der Waals surface area (Å²) in [7, 11) is 3.81. The first-order valence-electron chi connectivity index (χ1n) is 41.5. The monoisotopic (exact) mass is 1950 g/mol. The zero-order valence-corrected chi connectivity index (χ0v) is 80.4. The molecule has 43 heteroatoms. The second-order valence-electron chi connectivity index (χ2n) is 34.3. The average molecular weight is 1950 g/mol. The number of carbonyl (C=O) groups is 9. The van der Waals surface area contributed by atoms with E-state index in [1.807, 2.05) is 101 Å². The number of aldehydes is 1. The van der Waals surface area contributed by atoms with Crippen LogP contribution in [0.1, 0.15) is 110 Å².